The minimum atomic E-state index is -0.0526. The smallest absolute Gasteiger partial charge is 0.237 e. The summed E-state index contributed by atoms with van der Waals surface area (Å²) >= 11 is 1.59. The predicted molar refractivity (Wildman–Crippen MR) is 103 cm³/mol. The molecule has 0 unspecified atom stereocenters. The fraction of sp³-hybridized carbons (Fsp3) is 0.200. The summed E-state index contributed by atoms with van der Waals surface area (Å²) in [5.74, 6) is 0.659. The molecule has 25 heavy (non-hydrogen) atoms. The van der Waals surface area contributed by atoms with Gasteiger partial charge in [-0.25, -0.2) is 0 Å². The van der Waals surface area contributed by atoms with E-state index < -0.39 is 0 Å². The van der Waals surface area contributed by atoms with Crippen LogP contribution in [0.25, 0.3) is 0 Å². The van der Waals surface area contributed by atoms with Crippen LogP contribution in [0.1, 0.15) is 31.7 Å². The Balaban J connectivity index is 1.64. The number of fused-ring (bicyclic) bond motifs is 1. The van der Waals surface area contributed by atoms with Crippen molar-refractivity contribution >= 4 is 34.9 Å². The maximum Gasteiger partial charge on any atom is 0.237 e. The minimum Gasteiger partial charge on any atom is -0.349 e. The lowest BCUT2D eigenvalue weighted by atomic mass is 10.0. The van der Waals surface area contributed by atoms with Crippen molar-refractivity contribution in [2.75, 3.05) is 10.2 Å². The molecule has 4 rings (SSSR count). The first-order valence-electron chi connectivity index (χ1n) is 8.33. The molecule has 4 nitrogen and oxygen atoms in total. The topological polar surface area (TPSA) is 56.2 Å². The van der Waals surface area contributed by atoms with Gasteiger partial charge < -0.3 is 5.32 Å². The fourth-order valence-electron chi connectivity index (χ4n) is 3.10. The zero-order chi connectivity index (χ0) is 17.6. The number of nitrogens with zero attached hydrogens (tertiary/aromatic N) is 1. The van der Waals surface area contributed by atoms with Crippen LogP contribution in [0, 0.1) is 5.41 Å². The molecule has 0 radical (unpaired) electrons. The summed E-state index contributed by atoms with van der Waals surface area (Å²) < 4.78 is 0. The second-order valence-corrected chi connectivity index (χ2v) is 7.58. The number of amidine groups is 1. The number of benzene rings is 2. The Morgan fingerprint density at radius 2 is 1.84 bits per heavy atom. The normalized spacial score (nSPS) is 19.6. The summed E-state index contributed by atoms with van der Waals surface area (Å²) in [6, 6.07) is 16.0. The molecule has 0 aromatic heterocycles. The van der Waals surface area contributed by atoms with Gasteiger partial charge in [0, 0.05) is 10.5 Å². The molecular weight excluding hydrogens is 330 g/mol. The van der Waals surface area contributed by atoms with E-state index in [2.05, 4.69) is 19.2 Å². The van der Waals surface area contributed by atoms with Gasteiger partial charge in [-0.1, -0.05) is 49.9 Å². The van der Waals surface area contributed by atoms with Crippen LogP contribution in [0.15, 0.2) is 64.0 Å². The first kappa shape index (κ1) is 16.0. The van der Waals surface area contributed by atoms with E-state index >= 15 is 0 Å². The van der Waals surface area contributed by atoms with E-state index in [1.54, 1.807) is 11.8 Å². The highest BCUT2D eigenvalue weighted by Crippen LogP contribution is 2.44. The van der Waals surface area contributed by atoms with Crippen LogP contribution in [0.5, 0.6) is 0 Å². The molecule has 0 bridgehead atoms. The van der Waals surface area contributed by atoms with Crippen molar-refractivity contribution in [3.63, 3.8) is 0 Å². The zero-order valence-electron chi connectivity index (χ0n) is 14.2. The van der Waals surface area contributed by atoms with Crippen LogP contribution in [-0.2, 0) is 4.79 Å². The van der Waals surface area contributed by atoms with E-state index in [-0.39, 0.29) is 18.2 Å². The number of para-hydroxylation sites is 1. The predicted octanol–water partition coefficient (Wildman–Crippen LogP) is 4.95. The van der Waals surface area contributed by atoms with E-state index in [4.69, 9.17) is 5.41 Å². The molecule has 0 atom stereocenters. The molecule has 126 valence electrons. The lowest BCUT2D eigenvalue weighted by Crippen LogP contribution is -2.28. The standard InChI is InChI=1S/C20H19N3OS/c1-12(2)13-7-9-14(10-8-13)23-18(24)11-15(19(23)21)20-22-16-5-3-4-6-17(16)25-20/h3-10,12,21-22H,11H2,1-2H3/b20-15+,21-19?. The summed E-state index contributed by atoms with van der Waals surface area (Å²) in [7, 11) is 0. The van der Waals surface area contributed by atoms with Crippen molar-refractivity contribution in [3.8, 4) is 0 Å². The van der Waals surface area contributed by atoms with Crippen LogP contribution in [0.4, 0.5) is 11.4 Å². The number of nitrogens with one attached hydrogen (secondary N) is 2. The minimum absolute atomic E-state index is 0.0526. The van der Waals surface area contributed by atoms with Crippen molar-refractivity contribution in [2.45, 2.75) is 31.1 Å². The number of hydrogen-bond donors (Lipinski definition) is 2. The summed E-state index contributed by atoms with van der Waals surface area (Å²) in [6.45, 7) is 4.28. The average molecular weight is 349 g/mol. The fourth-order valence-corrected chi connectivity index (χ4v) is 4.15. The van der Waals surface area contributed by atoms with E-state index in [1.165, 1.54) is 10.5 Å². The van der Waals surface area contributed by atoms with Gasteiger partial charge in [0.25, 0.3) is 0 Å². The van der Waals surface area contributed by atoms with Crippen molar-refractivity contribution in [2.24, 2.45) is 0 Å². The zero-order valence-corrected chi connectivity index (χ0v) is 15.0. The molecule has 2 aromatic rings. The molecular formula is C20H19N3OS. The highest BCUT2D eigenvalue weighted by atomic mass is 32.2. The van der Waals surface area contributed by atoms with Gasteiger partial charge in [0.2, 0.25) is 5.91 Å². The van der Waals surface area contributed by atoms with E-state index in [1.807, 2.05) is 48.5 Å². The lowest BCUT2D eigenvalue weighted by Gasteiger charge is -2.17. The molecule has 1 saturated heterocycles. The second-order valence-electron chi connectivity index (χ2n) is 6.53. The molecule has 2 aliphatic rings. The number of amides is 1. The maximum absolute atomic E-state index is 12.6. The van der Waals surface area contributed by atoms with E-state index in [0.717, 1.165) is 26.9 Å². The van der Waals surface area contributed by atoms with Gasteiger partial charge in [0.05, 0.1) is 22.8 Å². The number of carbonyl (C=O) groups excluding carboxylic acids is 1. The highest BCUT2D eigenvalue weighted by Gasteiger charge is 2.35. The van der Waals surface area contributed by atoms with Crippen molar-refractivity contribution in [1.29, 1.82) is 5.41 Å². The van der Waals surface area contributed by atoms with Crippen molar-refractivity contribution in [3.05, 3.63) is 64.7 Å². The molecule has 1 fully saturated rings. The van der Waals surface area contributed by atoms with Crippen molar-refractivity contribution < 1.29 is 4.79 Å². The number of carbonyl (C=O) groups is 1. The molecule has 2 aliphatic heterocycles. The van der Waals surface area contributed by atoms with E-state index in [9.17, 15) is 4.79 Å². The Hall–Kier alpha value is -2.53. The quantitative estimate of drug-likeness (QED) is 0.806. The van der Waals surface area contributed by atoms with Gasteiger partial charge in [-0.05, 0) is 35.7 Å². The summed E-state index contributed by atoms with van der Waals surface area (Å²) in [5, 5.41) is 12.8. The van der Waals surface area contributed by atoms with Crippen LogP contribution in [-0.4, -0.2) is 11.7 Å². The van der Waals surface area contributed by atoms with E-state index in [0.29, 0.717) is 5.92 Å². The molecule has 0 spiro atoms. The Kier molecular flexibility index (Phi) is 3.88. The summed E-state index contributed by atoms with van der Waals surface area (Å²) in [6.07, 6.45) is 0.258. The van der Waals surface area contributed by atoms with Gasteiger partial charge in [0.1, 0.15) is 5.84 Å². The van der Waals surface area contributed by atoms with Crippen LogP contribution < -0.4 is 10.2 Å². The van der Waals surface area contributed by atoms with Gasteiger partial charge in [-0.2, -0.15) is 0 Å². The third-order valence-corrected chi connectivity index (χ3v) is 5.65. The Morgan fingerprint density at radius 3 is 2.52 bits per heavy atom. The molecule has 2 N–H and O–H groups in total. The maximum atomic E-state index is 12.6. The number of rotatable bonds is 2. The molecule has 1 amide bonds. The number of hydrogen-bond acceptors (Lipinski definition) is 4. The van der Waals surface area contributed by atoms with Crippen LogP contribution in [0.2, 0.25) is 0 Å². The van der Waals surface area contributed by atoms with Crippen molar-refractivity contribution in [1.82, 2.24) is 0 Å². The molecule has 0 saturated carbocycles. The number of anilines is 2. The Morgan fingerprint density at radius 1 is 1.12 bits per heavy atom. The highest BCUT2D eigenvalue weighted by molar-refractivity contribution is 8.03. The Labute approximate surface area is 151 Å². The SMILES string of the molecule is CC(C)c1ccc(N2C(=N)/C(=C3\Nc4ccccc4S3)CC2=O)cc1. The molecule has 0 aliphatic carbocycles. The van der Waals surface area contributed by atoms with Crippen LogP contribution in [0.3, 0.4) is 0 Å². The summed E-state index contributed by atoms with van der Waals surface area (Å²) in [5.41, 5.74) is 3.79. The molecule has 5 heteroatoms. The third-order valence-electron chi connectivity index (χ3n) is 4.53. The summed E-state index contributed by atoms with van der Waals surface area (Å²) in [4.78, 5) is 15.2. The second kappa shape index (κ2) is 6.08. The van der Waals surface area contributed by atoms with Gasteiger partial charge in [0.15, 0.2) is 0 Å². The largest absolute Gasteiger partial charge is 0.349 e. The molecule has 2 aromatic carbocycles. The first-order chi connectivity index (χ1) is 12.0. The average Bonchev–Trinajstić information content (AvgIpc) is 3.15. The van der Waals surface area contributed by atoms with Gasteiger partial charge in [-0.3, -0.25) is 15.1 Å². The lowest BCUT2D eigenvalue weighted by molar-refractivity contribution is -0.116. The van der Waals surface area contributed by atoms with Crippen LogP contribution >= 0.6 is 11.8 Å². The van der Waals surface area contributed by atoms with Gasteiger partial charge in [-0.15, -0.1) is 0 Å². The number of thioether (sulfide) groups is 1. The monoisotopic (exact) mass is 349 g/mol. The first-order valence-corrected chi connectivity index (χ1v) is 9.15. The Bertz CT molecular complexity index is 872. The molecule has 2 heterocycles. The van der Waals surface area contributed by atoms with Gasteiger partial charge >= 0.3 is 0 Å². The third kappa shape index (κ3) is 2.74.